The SMILES string of the molecule is CCCCCc1ccc(C2CCC(CCC)CC2)cc1. The van der Waals surface area contributed by atoms with Crippen molar-refractivity contribution >= 4 is 0 Å². The van der Waals surface area contributed by atoms with E-state index in [0.29, 0.717) is 0 Å². The molecular formula is C20H32. The lowest BCUT2D eigenvalue weighted by molar-refractivity contribution is 0.308. The van der Waals surface area contributed by atoms with Gasteiger partial charge in [-0.3, -0.25) is 0 Å². The van der Waals surface area contributed by atoms with Gasteiger partial charge in [-0.15, -0.1) is 0 Å². The van der Waals surface area contributed by atoms with Crippen LogP contribution in [0.5, 0.6) is 0 Å². The molecule has 1 aliphatic carbocycles. The van der Waals surface area contributed by atoms with Gasteiger partial charge in [0.15, 0.2) is 0 Å². The molecule has 0 aromatic heterocycles. The van der Waals surface area contributed by atoms with E-state index >= 15 is 0 Å². The minimum atomic E-state index is 0.841. The van der Waals surface area contributed by atoms with Crippen LogP contribution >= 0.6 is 0 Å². The van der Waals surface area contributed by atoms with Crippen molar-refractivity contribution < 1.29 is 0 Å². The van der Waals surface area contributed by atoms with Crippen molar-refractivity contribution in [1.82, 2.24) is 0 Å². The molecule has 1 aromatic carbocycles. The summed E-state index contributed by atoms with van der Waals surface area (Å²) >= 11 is 0. The molecule has 0 heteroatoms. The Morgan fingerprint density at radius 3 is 2.15 bits per heavy atom. The van der Waals surface area contributed by atoms with E-state index in [4.69, 9.17) is 0 Å². The summed E-state index contributed by atoms with van der Waals surface area (Å²) in [7, 11) is 0. The molecule has 0 saturated heterocycles. The van der Waals surface area contributed by atoms with Crippen LogP contribution in [0.2, 0.25) is 0 Å². The van der Waals surface area contributed by atoms with E-state index in [1.165, 1.54) is 69.8 Å². The fourth-order valence-corrected chi connectivity index (χ4v) is 3.73. The van der Waals surface area contributed by atoms with Crippen molar-refractivity contribution in [2.24, 2.45) is 5.92 Å². The molecule has 0 nitrogen and oxygen atoms in total. The van der Waals surface area contributed by atoms with E-state index in [0.717, 1.165) is 11.8 Å². The zero-order valence-corrected chi connectivity index (χ0v) is 13.5. The Morgan fingerprint density at radius 2 is 1.55 bits per heavy atom. The molecule has 1 aromatic rings. The zero-order chi connectivity index (χ0) is 14.2. The highest BCUT2D eigenvalue weighted by molar-refractivity contribution is 5.25. The van der Waals surface area contributed by atoms with Crippen molar-refractivity contribution in [3.8, 4) is 0 Å². The summed E-state index contributed by atoms with van der Waals surface area (Å²) < 4.78 is 0. The molecule has 1 aliphatic rings. The van der Waals surface area contributed by atoms with Gasteiger partial charge in [0.25, 0.3) is 0 Å². The third-order valence-corrected chi connectivity index (χ3v) is 5.06. The van der Waals surface area contributed by atoms with Gasteiger partial charge in [-0.1, -0.05) is 63.8 Å². The number of aryl methyl sites for hydroxylation is 1. The molecule has 0 spiro atoms. The second kappa shape index (κ2) is 8.49. The molecular weight excluding hydrogens is 240 g/mol. The van der Waals surface area contributed by atoms with Crippen molar-refractivity contribution in [1.29, 1.82) is 0 Å². The summed E-state index contributed by atoms with van der Waals surface area (Å²) in [6, 6.07) is 9.57. The van der Waals surface area contributed by atoms with E-state index in [1.807, 2.05) is 0 Å². The fourth-order valence-electron chi connectivity index (χ4n) is 3.73. The van der Waals surface area contributed by atoms with Crippen LogP contribution in [0.3, 0.4) is 0 Å². The Balaban J connectivity index is 1.81. The van der Waals surface area contributed by atoms with E-state index in [9.17, 15) is 0 Å². The zero-order valence-electron chi connectivity index (χ0n) is 13.5. The molecule has 0 unspecified atom stereocenters. The lowest BCUT2D eigenvalue weighted by Crippen LogP contribution is -2.13. The van der Waals surface area contributed by atoms with E-state index < -0.39 is 0 Å². The van der Waals surface area contributed by atoms with Crippen LogP contribution in [0.15, 0.2) is 24.3 Å². The third kappa shape index (κ3) is 4.65. The molecule has 0 bridgehead atoms. The minimum absolute atomic E-state index is 0.841. The highest BCUT2D eigenvalue weighted by Gasteiger charge is 2.21. The minimum Gasteiger partial charge on any atom is -0.0654 e. The Morgan fingerprint density at radius 1 is 0.850 bits per heavy atom. The smallest absolute Gasteiger partial charge is 0.0162 e. The van der Waals surface area contributed by atoms with Crippen molar-refractivity contribution in [3.05, 3.63) is 35.4 Å². The maximum absolute atomic E-state index is 2.41. The van der Waals surface area contributed by atoms with Crippen LogP contribution in [0.4, 0.5) is 0 Å². The maximum Gasteiger partial charge on any atom is -0.0162 e. The molecule has 20 heavy (non-hydrogen) atoms. The summed E-state index contributed by atoms with van der Waals surface area (Å²) in [5.41, 5.74) is 3.13. The second-order valence-electron chi connectivity index (χ2n) is 6.71. The molecule has 0 amide bonds. The lowest BCUT2D eigenvalue weighted by atomic mass is 9.77. The Kier molecular flexibility index (Phi) is 6.63. The summed E-state index contributed by atoms with van der Waals surface area (Å²) in [4.78, 5) is 0. The quantitative estimate of drug-likeness (QED) is 0.497. The van der Waals surface area contributed by atoms with Crippen LogP contribution in [0.1, 0.15) is 88.7 Å². The van der Waals surface area contributed by atoms with Gasteiger partial charge in [0, 0.05) is 0 Å². The Bertz CT molecular complexity index is 354. The van der Waals surface area contributed by atoms with Gasteiger partial charge in [-0.2, -0.15) is 0 Å². The first kappa shape index (κ1) is 15.6. The number of benzene rings is 1. The highest BCUT2D eigenvalue weighted by Crippen LogP contribution is 2.37. The predicted molar refractivity (Wildman–Crippen MR) is 89.3 cm³/mol. The molecule has 0 heterocycles. The molecule has 0 radical (unpaired) electrons. The number of hydrogen-bond acceptors (Lipinski definition) is 0. The molecule has 112 valence electrons. The average Bonchev–Trinajstić information content (AvgIpc) is 2.49. The van der Waals surface area contributed by atoms with Crippen molar-refractivity contribution in [2.45, 2.75) is 84.0 Å². The van der Waals surface area contributed by atoms with Gasteiger partial charge < -0.3 is 0 Å². The van der Waals surface area contributed by atoms with Gasteiger partial charge >= 0.3 is 0 Å². The second-order valence-corrected chi connectivity index (χ2v) is 6.71. The fraction of sp³-hybridized carbons (Fsp3) is 0.700. The summed E-state index contributed by atoms with van der Waals surface area (Å²) in [6.45, 7) is 4.60. The van der Waals surface area contributed by atoms with Crippen LogP contribution in [0.25, 0.3) is 0 Å². The van der Waals surface area contributed by atoms with Gasteiger partial charge in [0.2, 0.25) is 0 Å². The van der Waals surface area contributed by atoms with Crippen LogP contribution in [-0.2, 0) is 6.42 Å². The summed E-state index contributed by atoms with van der Waals surface area (Å²) in [6.07, 6.45) is 13.8. The predicted octanol–water partition coefficient (Wildman–Crippen LogP) is 6.49. The third-order valence-electron chi connectivity index (χ3n) is 5.06. The van der Waals surface area contributed by atoms with Crippen LogP contribution in [-0.4, -0.2) is 0 Å². The first-order valence-electron chi connectivity index (χ1n) is 8.92. The molecule has 1 saturated carbocycles. The molecule has 0 aliphatic heterocycles. The standard InChI is InChI=1S/C20H32/c1-3-5-6-8-18-11-15-20(16-12-18)19-13-9-17(7-4-2)10-14-19/h11-12,15-17,19H,3-10,13-14H2,1-2H3. The largest absolute Gasteiger partial charge is 0.0654 e. The molecule has 2 rings (SSSR count). The number of hydrogen-bond donors (Lipinski definition) is 0. The number of rotatable bonds is 7. The van der Waals surface area contributed by atoms with Crippen molar-refractivity contribution in [2.75, 3.05) is 0 Å². The van der Waals surface area contributed by atoms with E-state index in [1.54, 1.807) is 5.56 Å². The lowest BCUT2D eigenvalue weighted by Gasteiger charge is -2.28. The normalized spacial score (nSPS) is 22.9. The van der Waals surface area contributed by atoms with Gasteiger partial charge in [-0.05, 0) is 61.5 Å². The van der Waals surface area contributed by atoms with Crippen molar-refractivity contribution in [3.63, 3.8) is 0 Å². The van der Waals surface area contributed by atoms with E-state index in [2.05, 4.69) is 38.1 Å². The highest BCUT2D eigenvalue weighted by atomic mass is 14.3. The molecule has 1 fully saturated rings. The first-order chi connectivity index (χ1) is 9.83. The Hall–Kier alpha value is -0.780. The Labute approximate surface area is 126 Å². The molecule has 0 N–H and O–H groups in total. The van der Waals surface area contributed by atoms with Gasteiger partial charge in [0.05, 0.1) is 0 Å². The molecule has 0 atom stereocenters. The average molecular weight is 272 g/mol. The van der Waals surface area contributed by atoms with Crippen LogP contribution < -0.4 is 0 Å². The number of unbranched alkanes of at least 4 members (excludes halogenated alkanes) is 2. The van der Waals surface area contributed by atoms with Gasteiger partial charge in [-0.25, -0.2) is 0 Å². The van der Waals surface area contributed by atoms with Crippen LogP contribution in [0, 0.1) is 5.92 Å². The van der Waals surface area contributed by atoms with E-state index in [-0.39, 0.29) is 0 Å². The monoisotopic (exact) mass is 272 g/mol. The summed E-state index contributed by atoms with van der Waals surface area (Å²) in [5, 5.41) is 0. The summed E-state index contributed by atoms with van der Waals surface area (Å²) in [5.74, 6) is 1.86. The van der Waals surface area contributed by atoms with Gasteiger partial charge in [0.1, 0.15) is 0 Å². The maximum atomic E-state index is 2.41. The topological polar surface area (TPSA) is 0 Å². The first-order valence-corrected chi connectivity index (χ1v) is 8.92.